The van der Waals surface area contributed by atoms with Crippen LogP contribution in [0.15, 0.2) is 48.5 Å². The van der Waals surface area contributed by atoms with Crippen LogP contribution in [0.2, 0.25) is 5.02 Å². The maximum atomic E-state index is 12.6. The third kappa shape index (κ3) is 5.31. The number of morpholine rings is 1. The molecule has 0 aliphatic carbocycles. The molecule has 2 amide bonds. The SMILES string of the molecule is CC1COCCN1C(=O)c1ccc(NC(=O)CCc2cccc(Cl)c2)cc1. The highest BCUT2D eigenvalue weighted by Gasteiger charge is 2.24. The molecule has 1 N–H and O–H groups in total. The van der Waals surface area contributed by atoms with Gasteiger partial charge in [-0.15, -0.1) is 0 Å². The van der Waals surface area contributed by atoms with E-state index in [-0.39, 0.29) is 17.9 Å². The van der Waals surface area contributed by atoms with Gasteiger partial charge in [0.05, 0.1) is 19.3 Å². The second-order valence-corrected chi connectivity index (χ2v) is 7.11. The van der Waals surface area contributed by atoms with E-state index >= 15 is 0 Å². The topological polar surface area (TPSA) is 58.6 Å². The molecule has 0 spiro atoms. The number of carbonyl (C=O) groups excluding carboxylic acids is 2. The van der Waals surface area contributed by atoms with E-state index in [0.29, 0.717) is 48.9 Å². The Hall–Kier alpha value is -2.37. The van der Waals surface area contributed by atoms with Crippen molar-refractivity contribution in [2.75, 3.05) is 25.1 Å². The molecule has 0 radical (unpaired) electrons. The molecule has 0 saturated carbocycles. The lowest BCUT2D eigenvalue weighted by Gasteiger charge is -2.33. The summed E-state index contributed by atoms with van der Waals surface area (Å²) in [6.45, 7) is 3.71. The lowest BCUT2D eigenvalue weighted by molar-refractivity contribution is -0.116. The maximum absolute atomic E-state index is 12.6. The number of nitrogens with one attached hydrogen (secondary N) is 1. The fourth-order valence-electron chi connectivity index (χ4n) is 3.06. The van der Waals surface area contributed by atoms with Gasteiger partial charge >= 0.3 is 0 Å². The molecule has 2 aromatic carbocycles. The van der Waals surface area contributed by atoms with Crippen molar-refractivity contribution in [3.63, 3.8) is 0 Å². The highest BCUT2D eigenvalue weighted by atomic mass is 35.5. The van der Waals surface area contributed by atoms with E-state index in [1.54, 1.807) is 24.3 Å². The van der Waals surface area contributed by atoms with Crippen LogP contribution in [-0.2, 0) is 16.0 Å². The van der Waals surface area contributed by atoms with Gasteiger partial charge in [-0.2, -0.15) is 0 Å². The van der Waals surface area contributed by atoms with E-state index < -0.39 is 0 Å². The average molecular weight is 387 g/mol. The molecule has 142 valence electrons. The number of rotatable bonds is 5. The lowest BCUT2D eigenvalue weighted by Crippen LogP contribution is -2.47. The Labute approximate surface area is 164 Å². The highest BCUT2D eigenvalue weighted by Crippen LogP contribution is 2.16. The molecule has 5 nitrogen and oxygen atoms in total. The van der Waals surface area contributed by atoms with Crippen LogP contribution < -0.4 is 5.32 Å². The zero-order valence-electron chi connectivity index (χ0n) is 15.3. The molecule has 0 aromatic heterocycles. The third-order valence-electron chi connectivity index (χ3n) is 4.57. The summed E-state index contributed by atoms with van der Waals surface area (Å²) >= 11 is 5.96. The summed E-state index contributed by atoms with van der Waals surface area (Å²) in [5, 5.41) is 3.53. The maximum Gasteiger partial charge on any atom is 0.254 e. The van der Waals surface area contributed by atoms with Gasteiger partial charge in [-0.25, -0.2) is 0 Å². The monoisotopic (exact) mass is 386 g/mol. The molecular formula is C21H23ClN2O3. The zero-order chi connectivity index (χ0) is 19.2. The van der Waals surface area contributed by atoms with Crippen LogP contribution in [0.5, 0.6) is 0 Å². The number of anilines is 1. The Morgan fingerprint density at radius 2 is 2.00 bits per heavy atom. The molecule has 27 heavy (non-hydrogen) atoms. The molecule has 1 unspecified atom stereocenters. The van der Waals surface area contributed by atoms with Crippen LogP contribution in [0.4, 0.5) is 5.69 Å². The number of aryl methyl sites for hydroxylation is 1. The first-order valence-electron chi connectivity index (χ1n) is 9.06. The normalized spacial score (nSPS) is 16.8. The van der Waals surface area contributed by atoms with Gasteiger partial charge in [0.25, 0.3) is 5.91 Å². The molecule has 6 heteroatoms. The first kappa shape index (κ1) is 19.4. The van der Waals surface area contributed by atoms with Gasteiger partial charge < -0.3 is 15.0 Å². The predicted octanol–water partition coefficient (Wildman–Crippen LogP) is 3.77. The lowest BCUT2D eigenvalue weighted by atomic mass is 10.1. The Kier molecular flexibility index (Phi) is 6.48. The smallest absolute Gasteiger partial charge is 0.254 e. The third-order valence-corrected chi connectivity index (χ3v) is 4.81. The van der Waals surface area contributed by atoms with Crippen LogP contribution >= 0.6 is 11.6 Å². The summed E-state index contributed by atoms with van der Waals surface area (Å²) in [7, 11) is 0. The van der Waals surface area contributed by atoms with Crippen molar-refractivity contribution in [3.05, 3.63) is 64.7 Å². The van der Waals surface area contributed by atoms with Gasteiger partial charge in [0.2, 0.25) is 5.91 Å². The molecule has 1 saturated heterocycles. The van der Waals surface area contributed by atoms with Gasteiger partial charge in [-0.1, -0.05) is 23.7 Å². The number of carbonyl (C=O) groups is 2. The number of halogens is 1. The second kappa shape index (κ2) is 9.02. The van der Waals surface area contributed by atoms with Crippen LogP contribution in [0.3, 0.4) is 0 Å². The molecule has 1 heterocycles. The summed E-state index contributed by atoms with van der Waals surface area (Å²) in [4.78, 5) is 26.6. The highest BCUT2D eigenvalue weighted by molar-refractivity contribution is 6.30. The number of benzene rings is 2. The van der Waals surface area contributed by atoms with Crippen molar-refractivity contribution in [1.82, 2.24) is 4.90 Å². The van der Waals surface area contributed by atoms with Gasteiger partial charge in [0.1, 0.15) is 0 Å². The molecule has 1 atom stereocenters. The summed E-state index contributed by atoms with van der Waals surface area (Å²) in [5.41, 5.74) is 2.32. The number of amides is 2. The minimum absolute atomic E-state index is 0.00960. The first-order chi connectivity index (χ1) is 13.0. The number of hydrogen-bond acceptors (Lipinski definition) is 3. The Balaban J connectivity index is 1.54. The minimum Gasteiger partial charge on any atom is -0.377 e. The number of nitrogens with zero attached hydrogens (tertiary/aromatic N) is 1. The molecule has 1 aliphatic rings. The van der Waals surface area contributed by atoms with Crippen molar-refractivity contribution >= 4 is 29.1 Å². The average Bonchev–Trinajstić information content (AvgIpc) is 2.67. The molecule has 1 aliphatic heterocycles. The number of hydrogen-bond donors (Lipinski definition) is 1. The summed E-state index contributed by atoms with van der Waals surface area (Å²) < 4.78 is 5.37. The largest absolute Gasteiger partial charge is 0.377 e. The molecule has 0 bridgehead atoms. The van der Waals surface area contributed by atoms with Gasteiger partial charge in [-0.05, 0) is 55.3 Å². The van der Waals surface area contributed by atoms with E-state index in [1.165, 1.54) is 0 Å². The standard InChI is InChI=1S/C21H23ClN2O3/c1-15-14-27-12-11-24(15)21(26)17-6-8-19(9-7-17)23-20(25)10-5-16-3-2-4-18(22)13-16/h2-4,6-9,13,15H,5,10-12,14H2,1H3,(H,23,25). The molecule has 2 aromatic rings. The van der Waals surface area contributed by atoms with Gasteiger partial charge in [0.15, 0.2) is 0 Å². The quantitative estimate of drug-likeness (QED) is 0.850. The molecule has 3 rings (SSSR count). The van der Waals surface area contributed by atoms with E-state index in [2.05, 4.69) is 5.32 Å². The van der Waals surface area contributed by atoms with Crippen LogP contribution in [-0.4, -0.2) is 42.5 Å². The van der Waals surface area contributed by atoms with Crippen LogP contribution in [0.25, 0.3) is 0 Å². The van der Waals surface area contributed by atoms with Crippen molar-refractivity contribution in [2.45, 2.75) is 25.8 Å². The minimum atomic E-state index is -0.0733. The van der Waals surface area contributed by atoms with Gasteiger partial charge in [-0.3, -0.25) is 9.59 Å². The van der Waals surface area contributed by atoms with Crippen LogP contribution in [0.1, 0.15) is 29.3 Å². The fourth-order valence-corrected chi connectivity index (χ4v) is 3.28. The predicted molar refractivity (Wildman–Crippen MR) is 106 cm³/mol. The Bertz CT molecular complexity index is 807. The number of ether oxygens (including phenoxy) is 1. The van der Waals surface area contributed by atoms with Crippen molar-refractivity contribution in [2.24, 2.45) is 0 Å². The van der Waals surface area contributed by atoms with E-state index in [9.17, 15) is 9.59 Å². The van der Waals surface area contributed by atoms with Crippen molar-refractivity contribution in [3.8, 4) is 0 Å². The molecule has 1 fully saturated rings. The van der Waals surface area contributed by atoms with E-state index in [0.717, 1.165) is 5.56 Å². The zero-order valence-corrected chi connectivity index (χ0v) is 16.0. The van der Waals surface area contributed by atoms with E-state index in [4.69, 9.17) is 16.3 Å². The second-order valence-electron chi connectivity index (χ2n) is 6.68. The van der Waals surface area contributed by atoms with Gasteiger partial charge in [0, 0.05) is 29.2 Å². The first-order valence-corrected chi connectivity index (χ1v) is 9.44. The van der Waals surface area contributed by atoms with Crippen molar-refractivity contribution in [1.29, 1.82) is 0 Å². The molecular weight excluding hydrogens is 364 g/mol. The summed E-state index contributed by atoms with van der Waals surface area (Å²) in [6.07, 6.45) is 0.990. The van der Waals surface area contributed by atoms with E-state index in [1.807, 2.05) is 36.1 Å². The van der Waals surface area contributed by atoms with Crippen LogP contribution in [0, 0.1) is 0 Å². The Morgan fingerprint density at radius 3 is 2.70 bits per heavy atom. The fraction of sp³-hybridized carbons (Fsp3) is 0.333. The summed E-state index contributed by atoms with van der Waals surface area (Å²) in [6, 6.07) is 14.6. The summed E-state index contributed by atoms with van der Waals surface area (Å²) in [5.74, 6) is -0.0829. The Morgan fingerprint density at radius 1 is 1.22 bits per heavy atom. The van der Waals surface area contributed by atoms with Crippen molar-refractivity contribution < 1.29 is 14.3 Å².